The first kappa shape index (κ1) is 12.1. The number of amides is 1. The molecule has 1 aliphatic rings. The molecule has 5 heteroatoms. The molecule has 0 radical (unpaired) electrons. The molecular weight excluding hydrogens is 218 g/mol. The van der Waals surface area contributed by atoms with Gasteiger partial charge in [-0.1, -0.05) is 0 Å². The van der Waals surface area contributed by atoms with E-state index < -0.39 is 0 Å². The van der Waals surface area contributed by atoms with E-state index in [2.05, 4.69) is 15.6 Å². The van der Waals surface area contributed by atoms with Crippen LogP contribution in [0.25, 0.3) is 0 Å². The topological polar surface area (TPSA) is 67.2 Å². The molecule has 1 aromatic heterocycles. The molecule has 17 heavy (non-hydrogen) atoms. The number of hydrogen-bond acceptors (Lipinski definition) is 4. The summed E-state index contributed by atoms with van der Waals surface area (Å²) in [4.78, 5) is 15.9. The average molecular weight is 237 g/mol. The van der Waals surface area contributed by atoms with Crippen molar-refractivity contribution in [3.8, 4) is 0 Å². The number of nitrogens with one attached hydrogen (secondary N) is 2. The lowest BCUT2D eigenvalue weighted by Crippen LogP contribution is -2.33. The zero-order chi connectivity index (χ0) is 12.3. The molecule has 0 spiro atoms. The van der Waals surface area contributed by atoms with Crippen LogP contribution in [-0.2, 0) is 4.79 Å². The number of carbonyl (C=O) groups excluding carboxylic acids is 1. The number of nitrogens with zero attached hydrogens (tertiary/aromatic N) is 1. The van der Waals surface area contributed by atoms with Crippen molar-refractivity contribution < 1.29 is 9.21 Å². The molecule has 2 atom stereocenters. The Morgan fingerprint density at radius 1 is 1.76 bits per heavy atom. The minimum absolute atomic E-state index is 0.0488. The van der Waals surface area contributed by atoms with Crippen molar-refractivity contribution >= 4 is 5.91 Å². The van der Waals surface area contributed by atoms with Crippen LogP contribution in [0.4, 0.5) is 0 Å². The molecule has 94 valence electrons. The second-order valence-corrected chi connectivity index (χ2v) is 4.60. The van der Waals surface area contributed by atoms with Gasteiger partial charge in [-0.3, -0.25) is 4.79 Å². The molecule has 0 saturated carbocycles. The minimum atomic E-state index is -0.169. The van der Waals surface area contributed by atoms with Gasteiger partial charge in [-0.2, -0.15) is 0 Å². The summed E-state index contributed by atoms with van der Waals surface area (Å²) in [6.45, 7) is 4.74. The molecule has 0 bridgehead atoms. The third-order valence-corrected chi connectivity index (χ3v) is 2.98. The van der Waals surface area contributed by atoms with Crippen LogP contribution in [0, 0.1) is 6.92 Å². The molecule has 5 nitrogen and oxygen atoms in total. The van der Waals surface area contributed by atoms with E-state index in [1.165, 1.54) is 0 Å². The molecule has 2 rings (SSSR count). The highest BCUT2D eigenvalue weighted by Gasteiger charge is 2.20. The van der Waals surface area contributed by atoms with Crippen LogP contribution in [0.15, 0.2) is 10.6 Å². The van der Waals surface area contributed by atoms with Crippen LogP contribution in [0.2, 0.25) is 0 Å². The standard InChI is InChI=1S/C12H19N3O2/c1-8-7-14-12(17-8)9(2)15-11(16)6-10-4-3-5-13-10/h7,9-10,13H,3-6H2,1-2H3,(H,15,16). The summed E-state index contributed by atoms with van der Waals surface area (Å²) in [5.74, 6) is 1.38. The van der Waals surface area contributed by atoms with E-state index in [0.29, 0.717) is 18.4 Å². The summed E-state index contributed by atoms with van der Waals surface area (Å²) in [6, 6.07) is 0.158. The summed E-state index contributed by atoms with van der Waals surface area (Å²) in [7, 11) is 0. The molecule has 1 aliphatic heterocycles. The Morgan fingerprint density at radius 2 is 2.59 bits per heavy atom. The zero-order valence-electron chi connectivity index (χ0n) is 10.3. The highest BCUT2D eigenvalue weighted by molar-refractivity contribution is 5.76. The van der Waals surface area contributed by atoms with E-state index >= 15 is 0 Å². The summed E-state index contributed by atoms with van der Waals surface area (Å²) < 4.78 is 5.37. The first-order valence-corrected chi connectivity index (χ1v) is 6.10. The zero-order valence-corrected chi connectivity index (χ0v) is 10.3. The second kappa shape index (κ2) is 5.31. The molecule has 2 unspecified atom stereocenters. The Kier molecular flexibility index (Phi) is 3.78. The van der Waals surface area contributed by atoms with E-state index in [9.17, 15) is 4.79 Å². The molecule has 1 saturated heterocycles. The lowest BCUT2D eigenvalue weighted by Gasteiger charge is -2.13. The summed E-state index contributed by atoms with van der Waals surface area (Å²) in [5.41, 5.74) is 0. The lowest BCUT2D eigenvalue weighted by molar-refractivity contribution is -0.122. The molecule has 1 fully saturated rings. The van der Waals surface area contributed by atoms with Crippen LogP contribution in [0.1, 0.15) is 43.9 Å². The minimum Gasteiger partial charge on any atom is -0.444 e. The van der Waals surface area contributed by atoms with Crippen molar-refractivity contribution in [3.63, 3.8) is 0 Å². The quantitative estimate of drug-likeness (QED) is 0.828. The van der Waals surface area contributed by atoms with Gasteiger partial charge < -0.3 is 15.1 Å². The SMILES string of the molecule is Cc1cnc(C(C)NC(=O)CC2CCCN2)o1. The Morgan fingerprint density at radius 3 is 3.18 bits per heavy atom. The Hall–Kier alpha value is -1.36. The predicted octanol–water partition coefficient (Wildman–Crippen LogP) is 1.30. The maximum Gasteiger partial charge on any atom is 0.222 e. The number of carbonyl (C=O) groups is 1. The van der Waals surface area contributed by atoms with Crippen molar-refractivity contribution in [2.24, 2.45) is 0 Å². The number of hydrogen-bond donors (Lipinski definition) is 2. The lowest BCUT2D eigenvalue weighted by atomic mass is 10.1. The Labute approximate surface area is 101 Å². The summed E-state index contributed by atoms with van der Waals surface area (Å²) in [5, 5.41) is 6.21. The fraction of sp³-hybridized carbons (Fsp3) is 0.667. The summed E-state index contributed by atoms with van der Waals surface area (Å²) in [6.07, 6.45) is 4.44. The fourth-order valence-corrected chi connectivity index (χ4v) is 2.09. The van der Waals surface area contributed by atoms with Gasteiger partial charge in [0.25, 0.3) is 0 Å². The maximum absolute atomic E-state index is 11.8. The van der Waals surface area contributed by atoms with Gasteiger partial charge in [0.1, 0.15) is 11.8 Å². The van der Waals surface area contributed by atoms with Crippen molar-refractivity contribution in [2.45, 2.75) is 45.2 Å². The van der Waals surface area contributed by atoms with E-state index in [0.717, 1.165) is 25.1 Å². The molecule has 2 heterocycles. The van der Waals surface area contributed by atoms with Gasteiger partial charge in [0.15, 0.2) is 0 Å². The van der Waals surface area contributed by atoms with Crippen LogP contribution < -0.4 is 10.6 Å². The third-order valence-electron chi connectivity index (χ3n) is 2.98. The van der Waals surface area contributed by atoms with E-state index in [4.69, 9.17) is 4.42 Å². The van der Waals surface area contributed by atoms with Crippen molar-refractivity contribution in [1.82, 2.24) is 15.6 Å². The number of aromatic nitrogens is 1. The van der Waals surface area contributed by atoms with Gasteiger partial charge in [-0.25, -0.2) is 4.98 Å². The van der Waals surface area contributed by atoms with Gasteiger partial charge in [0.05, 0.1) is 6.20 Å². The first-order valence-electron chi connectivity index (χ1n) is 6.10. The molecular formula is C12H19N3O2. The Balaban J connectivity index is 1.81. The van der Waals surface area contributed by atoms with Crippen molar-refractivity contribution in [3.05, 3.63) is 17.8 Å². The number of rotatable bonds is 4. The molecule has 0 aliphatic carbocycles. The normalized spacial score (nSPS) is 21.4. The van der Waals surface area contributed by atoms with Crippen molar-refractivity contribution in [2.75, 3.05) is 6.54 Å². The molecule has 2 N–H and O–H groups in total. The fourth-order valence-electron chi connectivity index (χ4n) is 2.09. The highest BCUT2D eigenvalue weighted by atomic mass is 16.4. The average Bonchev–Trinajstić information content (AvgIpc) is 2.89. The maximum atomic E-state index is 11.8. The number of aryl methyl sites for hydroxylation is 1. The van der Waals surface area contributed by atoms with Gasteiger partial charge in [0, 0.05) is 12.5 Å². The predicted molar refractivity (Wildman–Crippen MR) is 63.4 cm³/mol. The third kappa shape index (κ3) is 3.30. The largest absolute Gasteiger partial charge is 0.444 e. The molecule has 0 aromatic carbocycles. The van der Waals surface area contributed by atoms with Crippen LogP contribution in [-0.4, -0.2) is 23.5 Å². The Bertz CT molecular complexity index is 383. The van der Waals surface area contributed by atoms with Crippen LogP contribution in [0.3, 0.4) is 0 Å². The van der Waals surface area contributed by atoms with Gasteiger partial charge in [0.2, 0.25) is 11.8 Å². The summed E-state index contributed by atoms with van der Waals surface area (Å²) >= 11 is 0. The monoisotopic (exact) mass is 237 g/mol. The highest BCUT2D eigenvalue weighted by Crippen LogP contribution is 2.13. The molecule has 1 aromatic rings. The van der Waals surface area contributed by atoms with E-state index in [1.54, 1.807) is 6.20 Å². The van der Waals surface area contributed by atoms with Gasteiger partial charge in [-0.05, 0) is 33.2 Å². The molecule has 1 amide bonds. The van der Waals surface area contributed by atoms with Crippen molar-refractivity contribution in [1.29, 1.82) is 0 Å². The van der Waals surface area contributed by atoms with Crippen LogP contribution in [0.5, 0.6) is 0 Å². The first-order chi connectivity index (χ1) is 8.15. The van der Waals surface area contributed by atoms with E-state index in [-0.39, 0.29) is 11.9 Å². The van der Waals surface area contributed by atoms with Gasteiger partial charge in [-0.15, -0.1) is 0 Å². The van der Waals surface area contributed by atoms with Gasteiger partial charge >= 0.3 is 0 Å². The van der Waals surface area contributed by atoms with E-state index in [1.807, 2.05) is 13.8 Å². The smallest absolute Gasteiger partial charge is 0.222 e. The second-order valence-electron chi connectivity index (χ2n) is 4.60. The van der Waals surface area contributed by atoms with Crippen LogP contribution >= 0.6 is 0 Å². The number of oxazole rings is 1.